The Labute approximate surface area is 172 Å². The normalized spacial score (nSPS) is 11.9. The summed E-state index contributed by atoms with van der Waals surface area (Å²) in [5.41, 5.74) is 1.71. The zero-order valence-corrected chi connectivity index (χ0v) is 18.0. The Morgan fingerprint density at radius 3 is 2.54 bits per heavy atom. The first-order valence-corrected chi connectivity index (χ1v) is 11.0. The Kier molecular flexibility index (Phi) is 6.17. The van der Waals surface area contributed by atoms with E-state index in [0.717, 1.165) is 26.2 Å². The van der Waals surface area contributed by atoms with Gasteiger partial charge in [-0.05, 0) is 42.8 Å². The molecule has 0 atom stereocenters. The number of aromatic nitrogens is 2. The topological polar surface area (TPSA) is 84.3 Å². The number of imidazole rings is 1. The lowest BCUT2D eigenvalue weighted by molar-refractivity contribution is -0.116. The van der Waals surface area contributed by atoms with E-state index in [1.165, 1.54) is 19.2 Å². The van der Waals surface area contributed by atoms with Gasteiger partial charge in [-0.2, -0.15) is 4.31 Å². The van der Waals surface area contributed by atoms with Crippen molar-refractivity contribution in [1.82, 2.24) is 13.9 Å². The lowest BCUT2D eigenvalue weighted by Crippen LogP contribution is -2.35. The Morgan fingerprint density at radius 1 is 1.18 bits per heavy atom. The van der Waals surface area contributed by atoms with Crippen molar-refractivity contribution in [2.75, 3.05) is 18.9 Å². The van der Waals surface area contributed by atoms with Crippen LogP contribution in [0.2, 0.25) is 0 Å². The summed E-state index contributed by atoms with van der Waals surface area (Å²) in [6.45, 7) is 2.43. The number of rotatable bonds is 7. The number of carbonyl (C=O) groups is 1. The molecule has 0 bridgehead atoms. The molecule has 1 aromatic heterocycles. The van der Waals surface area contributed by atoms with Gasteiger partial charge in [0.15, 0.2) is 0 Å². The number of nitrogens with one attached hydrogen (secondary N) is 1. The van der Waals surface area contributed by atoms with Gasteiger partial charge in [-0.3, -0.25) is 10.1 Å². The second kappa shape index (κ2) is 8.42. The molecule has 1 heterocycles. The van der Waals surface area contributed by atoms with E-state index in [0.29, 0.717) is 12.5 Å². The Hall–Kier alpha value is -2.23. The van der Waals surface area contributed by atoms with Crippen LogP contribution in [0.25, 0.3) is 11.0 Å². The van der Waals surface area contributed by atoms with Gasteiger partial charge in [0.25, 0.3) is 0 Å². The lowest BCUT2D eigenvalue weighted by Gasteiger charge is -2.17. The van der Waals surface area contributed by atoms with Gasteiger partial charge in [-0.15, -0.1) is 0 Å². The van der Waals surface area contributed by atoms with Crippen molar-refractivity contribution in [1.29, 1.82) is 0 Å². The number of hydrogen-bond acceptors (Lipinski definition) is 4. The summed E-state index contributed by atoms with van der Waals surface area (Å²) in [7, 11) is -2.38. The van der Waals surface area contributed by atoms with E-state index in [2.05, 4.69) is 26.2 Å². The quantitative estimate of drug-likeness (QED) is 0.579. The summed E-state index contributed by atoms with van der Waals surface area (Å²) in [4.78, 5) is 17.1. The van der Waals surface area contributed by atoms with Gasteiger partial charge in [-0.1, -0.05) is 35.0 Å². The average molecular weight is 465 g/mol. The van der Waals surface area contributed by atoms with Gasteiger partial charge in [0.2, 0.25) is 21.9 Å². The fourth-order valence-electron chi connectivity index (χ4n) is 2.86. The van der Waals surface area contributed by atoms with E-state index in [1.54, 1.807) is 12.1 Å². The highest BCUT2D eigenvalue weighted by Gasteiger charge is 2.23. The number of carbonyl (C=O) groups excluding carboxylic acids is 1. The van der Waals surface area contributed by atoms with Crippen molar-refractivity contribution < 1.29 is 13.2 Å². The first-order valence-electron chi connectivity index (χ1n) is 8.80. The zero-order chi connectivity index (χ0) is 20.3. The highest BCUT2D eigenvalue weighted by molar-refractivity contribution is 9.10. The summed E-state index contributed by atoms with van der Waals surface area (Å²) in [5.74, 6) is -0.0293. The molecule has 0 unspecified atom stereocenters. The molecule has 0 spiro atoms. The number of benzene rings is 2. The van der Waals surface area contributed by atoms with Crippen molar-refractivity contribution >= 4 is 48.8 Å². The van der Waals surface area contributed by atoms with Crippen molar-refractivity contribution in [2.24, 2.45) is 0 Å². The molecule has 0 saturated carbocycles. The van der Waals surface area contributed by atoms with E-state index < -0.39 is 15.9 Å². The predicted molar refractivity (Wildman–Crippen MR) is 113 cm³/mol. The minimum atomic E-state index is -3.76. The van der Waals surface area contributed by atoms with Gasteiger partial charge >= 0.3 is 0 Å². The standard InChI is InChI=1S/C19H21BrN4O3S/c1-3-12-24-17-7-5-4-6-16(17)21-19(24)22-18(25)13-23(2)28(26,27)15-10-8-14(20)9-11-15/h4-11H,3,12-13H2,1-2H3,(H,21,22,25). The maximum absolute atomic E-state index is 12.7. The summed E-state index contributed by atoms with van der Waals surface area (Å²) in [5, 5.41) is 2.75. The first kappa shape index (κ1) is 20.5. The Bertz CT molecular complexity index is 1090. The molecule has 0 aliphatic carbocycles. The largest absolute Gasteiger partial charge is 0.310 e. The van der Waals surface area contributed by atoms with Gasteiger partial charge in [-0.25, -0.2) is 13.4 Å². The Balaban J connectivity index is 1.77. The molecule has 9 heteroatoms. The van der Waals surface area contributed by atoms with Gasteiger partial charge in [0.05, 0.1) is 22.5 Å². The molecule has 3 rings (SSSR count). The summed E-state index contributed by atoms with van der Waals surface area (Å²) < 4.78 is 29.0. The van der Waals surface area contributed by atoms with E-state index in [9.17, 15) is 13.2 Å². The number of likely N-dealkylation sites (N-methyl/N-ethyl adjacent to an activating group) is 1. The third kappa shape index (κ3) is 4.26. The van der Waals surface area contributed by atoms with Crippen LogP contribution in [0.4, 0.5) is 5.95 Å². The predicted octanol–water partition coefficient (Wildman–Crippen LogP) is 3.47. The number of sulfonamides is 1. The van der Waals surface area contributed by atoms with Crippen molar-refractivity contribution in [3.63, 3.8) is 0 Å². The molecule has 1 amide bonds. The molecule has 28 heavy (non-hydrogen) atoms. The number of nitrogens with zero attached hydrogens (tertiary/aromatic N) is 3. The smallest absolute Gasteiger partial charge is 0.243 e. The minimum absolute atomic E-state index is 0.129. The van der Waals surface area contributed by atoms with Crippen LogP contribution in [0, 0.1) is 0 Å². The molecule has 0 aliphatic rings. The van der Waals surface area contributed by atoms with Crippen LogP contribution in [0.5, 0.6) is 0 Å². The van der Waals surface area contributed by atoms with Crippen LogP contribution in [0.3, 0.4) is 0 Å². The molecule has 7 nitrogen and oxygen atoms in total. The van der Waals surface area contributed by atoms with Crippen LogP contribution >= 0.6 is 15.9 Å². The van der Waals surface area contributed by atoms with Gasteiger partial charge in [0.1, 0.15) is 0 Å². The van der Waals surface area contributed by atoms with Crippen LogP contribution in [0.15, 0.2) is 57.9 Å². The van der Waals surface area contributed by atoms with Crippen molar-refractivity contribution in [3.8, 4) is 0 Å². The monoisotopic (exact) mass is 464 g/mol. The number of para-hydroxylation sites is 2. The lowest BCUT2D eigenvalue weighted by atomic mass is 10.3. The third-order valence-electron chi connectivity index (χ3n) is 4.24. The van der Waals surface area contributed by atoms with Crippen LogP contribution in [-0.2, 0) is 21.4 Å². The summed E-state index contributed by atoms with van der Waals surface area (Å²) >= 11 is 3.28. The number of amides is 1. The molecule has 148 valence electrons. The fraction of sp³-hybridized carbons (Fsp3) is 0.263. The number of halogens is 1. The second-order valence-corrected chi connectivity index (χ2v) is 9.30. The number of aryl methyl sites for hydroxylation is 1. The summed E-state index contributed by atoms with van der Waals surface area (Å²) in [6.07, 6.45) is 0.876. The zero-order valence-electron chi connectivity index (χ0n) is 15.6. The molecule has 0 radical (unpaired) electrons. The average Bonchev–Trinajstić information content (AvgIpc) is 2.99. The third-order valence-corrected chi connectivity index (χ3v) is 6.59. The number of anilines is 1. The molecular formula is C19H21BrN4O3S. The van der Waals surface area contributed by atoms with Gasteiger partial charge in [0, 0.05) is 18.1 Å². The van der Waals surface area contributed by atoms with Crippen LogP contribution in [-0.4, -0.2) is 41.8 Å². The van der Waals surface area contributed by atoms with Crippen molar-refractivity contribution in [2.45, 2.75) is 24.8 Å². The maximum atomic E-state index is 12.7. The molecule has 0 saturated heterocycles. The molecule has 0 fully saturated rings. The highest BCUT2D eigenvalue weighted by Crippen LogP contribution is 2.21. The molecule has 0 aliphatic heterocycles. The maximum Gasteiger partial charge on any atom is 0.243 e. The highest BCUT2D eigenvalue weighted by atomic mass is 79.9. The second-order valence-electron chi connectivity index (χ2n) is 6.34. The number of hydrogen-bond donors (Lipinski definition) is 1. The fourth-order valence-corrected chi connectivity index (χ4v) is 4.25. The van der Waals surface area contributed by atoms with E-state index in [4.69, 9.17) is 0 Å². The van der Waals surface area contributed by atoms with Gasteiger partial charge < -0.3 is 4.57 Å². The van der Waals surface area contributed by atoms with Crippen LogP contribution in [0.1, 0.15) is 13.3 Å². The van der Waals surface area contributed by atoms with E-state index >= 15 is 0 Å². The molecule has 3 aromatic rings. The molecule has 1 N–H and O–H groups in total. The van der Waals surface area contributed by atoms with Crippen LogP contribution < -0.4 is 5.32 Å². The first-order chi connectivity index (χ1) is 13.3. The molecular weight excluding hydrogens is 444 g/mol. The summed E-state index contributed by atoms with van der Waals surface area (Å²) in [6, 6.07) is 13.9. The minimum Gasteiger partial charge on any atom is -0.310 e. The van der Waals surface area contributed by atoms with E-state index in [-0.39, 0.29) is 11.4 Å². The Morgan fingerprint density at radius 2 is 1.86 bits per heavy atom. The SMILES string of the molecule is CCCn1c(NC(=O)CN(C)S(=O)(=O)c2ccc(Br)cc2)nc2ccccc21. The number of fused-ring (bicyclic) bond motifs is 1. The van der Waals surface area contributed by atoms with Crippen molar-refractivity contribution in [3.05, 3.63) is 53.0 Å². The van der Waals surface area contributed by atoms with E-state index in [1.807, 2.05) is 35.8 Å². The molecule has 2 aromatic carbocycles.